The van der Waals surface area contributed by atoms with Crippen molar-refractivity contribution >= 4 is 18.0 Å². The fourth-order valence-corrected chi connectivity index (χ4v) is 6.18. The van der Waals surface area contributed by atoms with Crippen LogP contribution in [0.3, 0.4) is 0 Å². The van der Waals surface area contributed by atoms with Gasteiger partial charge in [0.05, 0.1) is 12.1 Å². The Balaban J connectivity index is 0.964. The third-order valence-electron chi connectivity index (χ3n) is 8.00. The van der Waals surface area contributed by atoms with Gasteiger partial charge in [-0.3, -0.25) is 0 Å². The predicted molar refractivity (Wildman–Crippen MR) is 153 cm³/mol. The highest BCUT2D eigenvalue weighted by Crippen LogP contribution is 2.44. The number of aromatic nitrogens is 1. The lowest BCUT2D eigenvalue weighted by Crippen LogP contribution is -2.50. The molecular formula is C32H36N4O4. The lowest BCUT2D eigenvalue weighted by atomic mass is 9.98. The highest BCUT2D eigenvalue weighted by molar-refractivity contribution is 5.79. The highest BCUT2D eigenvalue weighted by Gasteiger charge is 2.47. The van der Waals surface area contributed by atoms with Gasteiger partial charge in [0, 0.05) is 31.7 Å². The Morgan fingerprint density at radius 2 is 1.65 bits per heavy atom. The fraction of sp³-hybridized carbons (Fsp3) is 0.406. The monoisotopic (exact) mass is 540 g/mol. The standard InChI is InChI=1S/C32H36N4O4/c1-32(2,3)40-31(38)36-19-22-16-23(36)18-35(22)29-13-12-21(17-34-29)14-15-33-30(37)39-20-28-26-10-6-4-8-24(26)25-9-5-7-11-27(25)28/h4-13,17,22-23,28H,14-16,18-20H2,1-3H3,(H,33,37)/t22-,23-/m0/s1. The maximum Gasteiger partial charge on any atom is 0.410 e. The minimum Gasteiger partial charge on any atom is -0.449 e. The van der Waals surface area contributed by atoms with E-state index in [0.29, 0.717) is 26.1 Å². The largest absolute Gasteiger partial charge is 0.449 e. The van der Waals surface area contributed by atoms with Crippen LogP contribution in [0.2, 0.25) is 0 Å². The zero-order valence-corrected chi connectivity index (χ0v) is 23.3. The van der Waals surface area contributed by atoms with Crippen LogP contribution in [0.5, 0.6) is 0 Å². The summed E-state index contributed by atoms with van der Waals surface area (Å²) in [6.07, 6.45) is 2.83. The first-order valence-corrected chi connectivity index (χ1v) is 14.1. The van der Waals surface area contributed by atoms with Gasteiger partial charge in [-0.1, -0.05) is 54.6 Å². The van der Waals surface area contributed by atoms with Crippen molar-refractivity contribution in [3.05, 3.63) is 83.6 Å². The lowest BCUT2D eigenvalue weighted by molar-refractivity contribution is 0.0214. The molecule has 2 aliphatic heterocycles. The maximum atomic E-state index is 12.5. The zero-order chi connectivity index (χ0) is 27.9. The number of amides is 2. The smallest absolute Gasteiger partial charge is 0.410 e. The number of carbonyl (C=O) groups is 2. The van der Waals surface area contributed by atoms with Crippen molar-refractivity contribution in [2.45, 2.75) is 57.2 Å². The predicted octanol–water partition coefficient (Wildman–Crippen LogP) is 5.36. The number of piperazine rings is 1. The van der Waals surface area contributed by atoms with E-state index in [1.165, 1.54) is 22.3 Å². The van der Waals surface area contributed by atoms with E-state index in [1.807, 2.05) is 62.2 Å². The second kappa shape index (κ2) is 10.5. The Morgan fingerprint density at radius 3 is 2.25 bits per heavy atom. The Kier molecular flexibility index (Phi) is 6.86. The van der Waals surface area contributed by atoms with Crippen LogP contribution >= 0.6 is 0 Å². The Hall–Kier alpha value is -4.07. The van der Waals surface area contributed by atoms with Crippen molar-refractivity contribution < 1.29 is 19.1 Å². The topological polar surface area (TPSA) is 84.0 Å². The van der Waals surface area contributed by atoms with Crippen molar-refractivity contribution in [1.29, 1.82) is 0 Å². The average molecular weight is 541 g/mol. The molecule has 0 saturated carbocycles. The molecular weight excluding hydrogens is 504 g/mol. The molecule has 2 saturated heterocycles. The molecule has 3 heterocycles. The van der Waals surface area contributed by atoms with Gasteiger partial charge < -0.3 is 24.6 Å². The summed E-state index contributed by atoms with van der Waals surface area (Å²) in [5.74, 6) is 0.969. The van der Waals surface area contributed by atoms with E-state index in [4.69, 9.17) is 9.47 Å². The summed E-state index contributed by atoms with van der Waals surface area (Å²) >= 11 is 0. The minimum absolute atomic E-state index is 0.0481. The number of likely N-dealkylation sites (tertiary alicyclic amines) is 1. The molecule has 0 spiro atoms. The Bertz CT molecular complexity index is 1360. The van der Waals surface area contributed by atoms with E-state index in [-0.39, 0.29) is 24.1 Å². The number of nitrogens with zero attached hydrogens (tertiary/aromatic N) is 3. The quantitative estimate of drug-likeness (QED) is 0.453. The normalized spacial score (nSPS) is 19.4. The molecule has 208 valence electrons. The number of nitrogens with one attached hydrogen (secondary N) is 1. The number of fused-ring (bicyclic) bond motifs is 5. The number of benzene rings is 2. The maximum absolute atomic E-state index is 12.5. The number of carbonyl (C=O) groups excluding carboxylic acids is 2. The second-order valence-corrected chi connectivity index (χ2v) is 11.9. The van der Waals surface area contributed by atoms with Crippen LogP contribution in [0.4, 0.5) is 15.4 Å². The van der Waals surface area contributed by atoms with Crippen LogP contribution in [0, 0.1) is 0 Å². The van der Waals surface area contributed by atoms with E-state index in [0.717, 1.165) is 24.3 Å². The summed E-state index contributed by atoms with van der Waals surface area (Å²) in [6.45, 7) is 7.88. The molecule has 1 N–H and O–H groups in total. The van der Waals surface area contributed by atoms with E-state index in [2.05, 4.69) is 45.5 Å². The van der Waals surface area contributed by atoms with Crippen LogP contribution in [0.15, 0.2) is 66.9 Å². The fourth-order valence-electron chi connectivity index (χ4n) is 6.18. The summed E-state index contributed by atoms with van der Waals surface area (Å²) < 4.78 is 11.2. The summed E-state index contributed by atoms with van der Waals surface area (Å²) in [6, 6.07) is 21.1. The average Bonchev–Trinajstić information content (AvgIpc) is 3.63. The number of hydrogen-bond acceptors (Lipinski definition) is 6. The summed E-state index contributed by atoms with van der Waals surface area (Å²) in [5.41, 5.74) is 5.38. The molecule has 3 aliphatic rings. The third-order valence-corrected chi connectivity index (χ3v) is 8.00. The number of pyridine rings is 1. The van der Waals surface area contributed by atoms with Crippen molar-refractivity contribution in [1.82, 2.24) is 15.2 Å². The van der Waals surface area contributed by atoms with Crippen molar-refractivity contribution in [3.8, 4) is 11.1 Å². The molecule has 1 aliphatic carbocycles. The van der Waals surface area contributed by atoms with E-state index in [1.54, 1.807) is 0 Å². The van der Waals surface area contributed by atoms with Gasteiger partial charge >= 0.3 is 12.2 Å². The SMILES string of the molecule is CC(C)(C)OC(=O)N1C[C@@H]2C[C@H]1CN2c1ccc(CCNC(=O)OCC2c3ccccc3-c3ccccc32)cn1. The summed E-state index contributed by atoms with van der Waals surface area (Å²) in [7, 11) is 0. The van der Waals surface area contributed by atoms with Crippen molar-refractivity contribution in [2.75, 3.05) is 31.1 Å². The Labute approximate surface area is 235 Å². The molecule has 8 heteroatoms. The third kappa shape index (κ3) is 5.22. The lowest BCUT2D eigenvalue weighted by Gasteiger charge is -2.35. The first kappa shape index (κ1) is 26.2. The number of hydrogen-bond donors (Lipinski definition) is 1. The molecule has 0 unspecified atom stereocenters. The van der Waals surface area contributed by atoms with Gasteiger partial charge in [-0.2, -0.15) is 0 Å². The van der Waals surface area contributed by atoms with Gasteiger partial charge in [-0.05, 0) is 67.5 Å². The number of alkyl carbamates (subject to hydrolysis) is 1. The van der Waals surface area contributed by atoms with Gasteiger partial charge in [-0.25, -0.2) is 14.6 Å². The van der Waals surface area contributed by atoms with Gasteiger partial charge in [-0.15, -0.1) is 0 Å². The number of rotatable bonds is 6. The molecule has 40 heavy (non-hydrogen) atoms. The molecule has 2 fully saturated rings. The van der Waals surface area contributed by atoms with Crippen molar-refractivity contribution in [2.24, 2.45) is 0 Å². The molecule has 8 nitrogen and oxygen atoms in total. The van der Waals surface area contributed by atoms with E-state index in [9.17, 15) is 9.59 Å². The van der Waals surface area contributed by atoms with Gasteiger partial charge in [0.1, 0.15) is 18.0 Å². The highest BCUT2D eigenvalue weighted by atomic mass is 16.6. The van der Waals surface area contributed by atoms with Crippen molar-refractivity contribution in [3.63, 3.8) is 0 Å². The van der Waals surface area contributed by atoms with Crippen LogP contribution in [0.25, 0.3) is 11.1 Å². The molecule has 2 bridgehead atoms. The van der Waals surface area contributed by atoms with E-state index >= 15 is 0 Å². The second-order valence-electron chi connectivity index (χ2n) is 11.9. The van der Waals surface area contributed by atoms with Crippen LogP contribution in [-0.4, -0.2) is 66.0 Å². The number of ether oxygens (including phenoxy) is 2. The number of anilines is 1. The summed E-state index contributed by atoms with van der Waals surface area (Å²) in [5, 5.41) is 2.88. The van der Waals surface area contributed by atoms with E-state index < -0.39 is 11.7 Å². The molecule has 1 aromatic heterocycles. The van der Waals surface area contributed by atoms with Crippen LogP contribution < -0.4 is 10.2 Å². The van der Waals surface area contributed by atoms with Gasteiger partial charge in [0.2, 0.25) is 0 Å². The van der Waals surface area contributed by atoms with Crippen LogP contribution in [0.1, 0.15) is 49.8 Å². The molecule has 3 aromatic rings. The van der Waals surface area contributed by atoms with Gasteiger partial charge in [0.15, 0.2) is 0 Å². The van der Waals surface area contributed by atoms with Gasteiger partial charge in [0.25, 0.3) is 0 Å². The molecule has 0 radical (unpaired) electrons. The minimum atomic E-state index is -0.490. The summed E-state index contributed by atoms with van der Waals surface area (Å²) in [4.78, 5) is 33.8. The van der Waals surface area contributed by atoms with Crippen LogP contribution in [-0.2, 0) is 15.9 Å². The molecule has 2 atom stereocenters. The first-order chi connectivity index (χ1) is 19.3. The Morgan fingerprint density at radius 1 is 0.950 bits per heavy atom. The zero-order valence-electron chi connectivity index (χ0n) is 23.3. The molecule has 2 aromatic carbocycles. The first-order valence-electron chi connectivity index (χ1n) is 14.1. The molecule has 2 amide bonds. The molecule has 6 rings (SSSR count).